The number of allylic oxidation sites excluding steroid dienone is 1. The average Bonchev–Trinajstić information content (AvgIpc) is 1.37. The van der Waals surface area contributed by atoms with Crippen molar-refractivity contribution in [2.24, 2.45) is 0 Å². The van der Waals surface area contributed by atoms with Crippen LogP contribution in [-0.2, 0) is 0 Å². The van der Waals surface area contributed by atoms with Crippen molar-refractivity contribution in [2.75, 3.05) is 0 Å². The molecular weight excluding hydrogens is 68.1 g/mol. The van der Waals surface area contributed by atoms with Gasteiger partial charge in [-0.2, -0.15) is 0 Å². The van der Waals surface area contributed by atoms with E-state index in [2.05, 4.69) is 18.8 Å². The molecule has 0 heterocycles. The maximum absolute atomic E-state index is 3.38. The summed E-state index contributed by atoms with van der Waals surface area (Å²) in [4.78, 5) is 0. The second-order valence-corrected chi connectivity index (χ2v) is 0.736. The van der Waals surface area contributed by atoms with E-state index >= 15 is 0 Å². The molecule has 0 bridgehead atoms. The van der Waals surface area contributed by atoms with E-state index < -0.39 is 0 Å². The molecule has 0 amide bonds. The van der Waals surface area contributed by atoms with Gasteiger partial charge >= 0.3 is 0 Å². The van der Waals surface area contributed by atoms with Gasteiger partial charge in [0.25, 0.3) is 0 Å². The van der Waals surface area contributed by atoms with Crippen LogP contribution in [0.1, 0.15) is 0 Å². The fourth-order valence-electron chi connectivity index (χ4n) is 0. The normalized spacial score (nSPS) is 5.25. The highest BCUT2D eigenvalue weighted by Crippen LogP contribution is 1.45. The third-order valence-electron chi connectivity index (χ3n) is 0.118. The highest BCUT2D eigenvalue weighted by atomic mass is 32.1. The van der Waals surface area contributed by atoms with Crippen LogP contribution in [0.4, 0.5) is 0 Å². The van der Waals surface area contributed by atoms with Gasteiger partial charge in [0.15, 0.2) is 0 Å². The fraction of sp³-hybridized carbons (Fsp3) is 0. The monoisotopic (exact) mass is 74.0 g/mol. The van der Waals surface area contributed by atoms with Crippen LogP contribution in [0.15, 0.2) is 12.7 Å². The Morgan fingerprint density at radius 1 is 1.75 bits per heavy atom. The number of hydrogen-bond donors (Lipinski definition) is 0. The summed E-state index contributed by atoms with van der Waals surface area (Å²) in [5.41, 5.74) is 0. The molecule has 0 fully saturated rings. The van der Waals surface area contributed by atoms with Gasteiger partial charge in [0.2, 0.25) is 0 Å². The lowest BCUT2D eigenvalue weighted by atomic mass is 10.8. The van der Waals surface area contributed by atoms with Gasteiger partial charge in [0, 0.05) is 0 Å². The van der Waals surface area contributed by atoms with Crippen LogP contribution in [0.25, 0.3) is 0 Å². The topological polar surface area (TPSA) is 0 Å². The summed E-state index contributed by atoms with van der Waals surface area (Å²) in [6, 6.07) is 0. The summed E-state index contributed by atoms with van der Waals surface area (Å²) in [5, 5.41) is 1.69. The molecule has 0 N–H and O–H groups in total. The maximum Gasteiger partial charge on any atom is -0.0451 e. The lowest BCUT2D eigenvalue weighted by Crippen LogP contribution is -1.37. The second kappa shape index (κ2) is 2.96. The molecule has 0 saturated carbocycles. The maximum atomic E-state index is 3.38. The minimum atomic E-state index is 1.66. The summed E-state index contributed by atoms with van der Waals surface area (Å²) in [6.45, 7) is 3.38. The molecule has 0 nitrogen and oxygen atoms in total. The van der Waals surface area contributed by atoms with Crippen molar-refractivity contribution in [3.05, 3.63) is 12.7 Å². The summed E-state index contributed by atoms with van der Waals surface area (Å²) < 4.78 is 0. The SMILES string of the molecule is C=CC=[SH2]. The van der Waals surface area contributed by atoms with Gasteiger partial charge < -0.3 is 0 Å². The lowest BCUT2D eigenvalue weighted by molar-refractivity contribution is 2.56. The van der Waals surface area contributed by atoms with E-state index in [1.165, 1.54) is 0 Å². The first-order valence-electron chi connectivity index (χ1n) is 1.03. The number of hydrogen-bond acceptors (Lipinski definition) is 0. The van der Waals surface area contributed by atoms with Gasteiger partial charge in [-0.15, -0.1) is 0 Å². The van der Waals surface area contributed by atoms with Crippen molar-refractivity contribution in [3.8, 4) is 0 Å². The van der Waals surface area contributed by atoms with E-state index in [1.54, 1.807) is 11.4 Å². The van der Waals surface area contributed by atoms with E-state index in [-0.39, 0.29) is 0 Å². The number of rotatable bonds is 1. The first kappa shape index (κ1) is 3.96. The Morgan fingerprint density at radius 2 is 2.00 bits per heavy atom. The van der Waals surface area contributed by atoms with E-state index in [9.17, 15) is 0 Å². The van der Waals surface area contributed by atoms with Crippen LogP contribution in [0, 0.1) is 0 Å². The molecule has 0 aromatic rings. The van der Waals surface area contributed by atoms with Gasteiger partial charge in [0.1, 0.15) is 0 Å². The van der Waals surface area contributed by atoms with Crippen LogP contribution >= 0.6 is 12.2 Å². The highest BCUT2D eigenvalue weighted by Gasteiger charge is 1.29. The zero-order chi connectivity index (χ0) is 3.41. The Bertz CT molecular complexity index is 24.3. The largest absolute Gasteiger partial charge is 0.215 e. The molecule has 0 aromatic carbocycles. The third kappa shape index (κ3) is 1.96. The van der Waals surface area contributed by atoms with Crippen LogP contribution < -0.4 is 0 Å². The minimum absolute atomic E-state index is 1.66. The minimum Gasteiger partial charge on any atom is -0.215 e. The van der Waals surface area contributed by atoms with Crippen molar-refractivity contribution in [1.29, 1.82) is 0 Å². The molecule has 4 heavy (non-hydrogen) atoms. The quantitative estimate of drug-likeness (QED) is 0.316. The summed E-state index contributed by atoms with van der Waals surface area (Å²) in [5.74, 6) is 0. The van der Waals surface area contributed by atoms with Crippen molar-refractivity contribution >= 4 is 17.6 Å². The molecule has 0 aliphatic heterocycles. The molecule has 1 heteroatoms. The van der Waals surface area contributed by atoms with Crippen LogP contribution in [0.2, 0.25) is 0 Å². The zero-order valence-corrected chi connectivity index (χ0v) is 3.36. The van der Waals surface area contributed by atoms with Crippen molar-refractivity contribution in [2.45, 2.75) is 0 Å². The lowest BCUT2D eigenvalue weighted by Gasteiger charge is -1.44. The Labute approximate surface area is 31.1 Å². The molecule has 0 spiro atoms. The predicted octanol–water partition coefficient (Wildman–Crippen LogP) is 0.637. The van der Waals surface area contributed by atoms with Crippen molar-refractivity contribution in [1.82, 2.24) is 0 Å². The van der Waals surface area contributed by atoms with E-state index in [1.807, 2.05) is 0 Å². The molecule has 0 radical (unpaired) electrons. The summed E-state index contributed by atoms with van der Waals surface area (Å²) >= 11 is 3.04. The van der Waals surface area contributed by atoms with Crippen molar-refractivity contribution in [3.63, 3.8) is 0 Å². The van der Waals surface area contributed by atoms with E-state index in [0.29, 0.717) is 0 Å². The van der Waals surface area contributed by atoms with Gasteiger partial charge in [-0.3, -0.25) is 0 Å². The van der Waals surface area contributed by atoms with Crippen LogP contribution in [0.3, 0.4) is 0 Å². The van der Waals surface area contributed by atoms with Crippen molar-refractivity contribution < 1.29 is 0 Å². The molecule has 0 aromatic heterocycles. The molecular formula is C3H6S. The molecule has 0 rings (SSSR count). The van der Waals surface area contributed by atoms with Gasteiger partial charge in [-0.05, 0) is 5.37 Å². The third-order valence-corrected chi connectivity index (χ3v) is 0.354. The van der Waals surface area contributed by atoms with Gasteiger partial charge in [0.05, 0.1) is 0 Å². The molecule has 0 aliphatic carbocycles. The van der Waals surface area contributed by atoms with E-state index in [0.717, 1.165) is 0 Å². The van der Waals surface area contributed by atoms with Gasteiger partial charge in [-0.1, -0.05) is 12.7 Å². The summed E-state index contributed by atoms with van der Waals surface area (Å²) in [6.07, 6.45) is 1.66. The predicted molar refractivity (Wildman–Crippen MR) is 26.6 cm³/mol. The average molecular weight is 74.1 g/mol. The first-order chi connectivity index (χ1) is 1.91. The Balaban J connectivity index is 2.73. The smallest absolute Gasteiger partial charge is 0.0451 e. The van der Waals surface area contributed by atoms with Crippen LogP contribution in [-0.4, -0.2) is 5.37 Å². The second-order valence-electron chi connectivity index (χ2n) is 0.402. The first-order valence-corrected chi connectivity index (χ1v) is 1.61. The Kier molecular flexibility index (Phi) is 2.93. The molecule has 0 unspecified atom stereocenters. The van der Waals surface area contributed by atoms with Gasteiger partial charge in [-0.25, -0.2) is 12.2 Å². The molecule has 0 atom stereocenters. The summed E-state index contributed by atoms with van der Waals surface area (Å²) in [7, 11) is 0. The Morgan fingerprint density at radius 3 is 2.00 bits per heavy atom. The van der Waals surface area contributed by atoms with E-state index in [4.69, 9.17) is 0 Å². The molecule has 0 saturated heterocycles. The fourth-order valence-corrected chi connectivity index (χ4v) is 0. The zero-order valence-electron chi connectivity index (χ0n) is 2.36. The molecule has 24 valence electrons. The van der Waals surface area contributed by atoms with Crippen LogP contribution in [0.5, 0.6) is 0 Å². The molecule has 0 aliphatic rings. The standard InChI is InChI=1S/C3H6S/c1-2-3-4/h2-3H,1,4H2. The Hall–Kier alpha value is -0.0400. The highest BCUT2D eigenvalue weighted by molar-refractivity contribution is 7.79.